The van der Waals surface area contributed by atoms with Gasteiger partial charge in [0.1, 0.15) is 12.1 Å². The van der Waals surface area contributed by atoms with Crippen LogP contribution in [-0.4, -0.2) is 64.0 Å². The Hall–Kier alpha value is -0.830. The molecule has 0 spiro atoms. The summed E-state index contributed by atoms with van der Waals surface area (Å²) in [5.41, 5.74) is 5.19. The quantitative estimate of drug-likeness (QED) is 0.430. The molecule has 1 rings (SSSR count). The molecule has 8 heteroatoms. The van der Waals surface area contributed by atoms with E-state index in [0.29, 0.717) is 19.4 Å². The highest BCUT2D eigenvalue weighted by atomic mass is 32.2. The number of rotatable bonds is 5. The second-order valence-corrected chi connectivity index (χ2v) is 4.90. The van der Waals surface area contributed by atoms with Gasteiger partial charge in [0.15, 0.2) is 0 Å². The molecular formula is C10H20N2O5S. The number of β-amino-alcohol motifs (C(OH)–C–C–N with tert-alkyl or cyclic N) is 1. The van der Waals surface area contributed by atoms with Crippen molar-refractivity contribution in [2.75, 3.05) is 18.6 Å². The standard InChI is InChI=1S/C5H9NO3.C5H11NO2S/c7-3-1-4(5(8)9)6-2-3;1-9-3-2-4(6)5(7)8/h3-4,6-7H,1-2H2,(H,8,9);4H,2-3,6H2,1H3,(H,7,8)/t3-,4+;4-/m10/s1. The number of aliphatic hydroxyl groups is 1. The summed E-state index contributed by atoms with van der Waals surface area (Å²) in [4.78, 5) is 20.2. The molecule has 7 nitrogen and oxygen atoms in total. The van der Waals surface area contributed by atoms with Crippen LogP contribution in [0.25, 0.3) is 0 Å². The molecule has 0 aromatic carbocycles. The average molecular weight is 280 g/mol. The van der Waals surface area contributed by atoms with Crippen molar-refractivity contribution in [1.29, 1.82) is 0 Å². The maximum absolute atomic E-state index is 10.2. The first-order valence-corrected chi connectivity index (χ1v) is 6.89. The van der Waals surface area contributed by atoms with Crippen molar-refractivity contribution in [3.63, 3.8) is 0 Å². The molecule has 1 saturated heterocycles. The zero-order valence-corrected chi connectivity index (χ0v) is 11.0. The Balaban J connectivity index is 0.000000321. The highest BCUT2D eigenvalue weighted by Gasteiger charge is 2.27. The van der Waals surface area contributed by atoms with E-state index in [2.05, 4.69) is 5.32 Å². The number of aliphatic carboxylic acids is 2. The van der Waals surface area contributed by atoms with Crippen LogP contribution >= 0.6 is 11.8 Å². The summed E-state index contributed by atoms with van der Waals surface area (Å²) >= 11 is 1.60. The van der Waals surface area contributed by atoms with E-state index in [0.717, 1.165) is 5.75 Å². The second kappa shape index (κ2) is 9.15. The molecule has 0 bridgehead atoms. The molecule has 0 aromatic rings. The summed E-state index contributed by atoms with van der Waals surface area (Å²) in [7, 11) is 0. The minimum absolute atomic E-state index is 0.329. The van der Waals surface area contributed by atoms with Gasteiger partial charge in [-0.2, -0.15) is 11.8 Å². The number of carboxylic acids is 2. The highest BCUT2D eigenvalue weighted by molar-refractivity contribution is 7.98. The van der Waals surface area contributed by atoms with Gasteiger partial charge in [-0.25, -0.2) is 0 Å². The summed E-state index contributed by atoms with van der Waals surface area (Å²) in [6.07, 6.45) is 2.33. The van der Waals surface area contributed by atoms with Crippen molar-refractivity contribution < 1.29 is 24.9 Å². The third kappa shape index (κ3) is 7.49. The maximum atomic E-state index is 10.2. The molecule has 0 radical (unpaired) electrons. The molecule has 106 valence electrons. The molecule has 0 aromatic heterocycles. The first-order chi connectivity index (χ1) is 8.38. The molecule has 0 unspecified atom stereocenters. The average Bonchev–Trinajstić information content (AvgIpc) is 2.73. The Morgan fingerprint density at radius 1 is 1.50 bits per heavy atom. The van der Waals surface area contributed by atoms with E-state index in [9.17, 15) is 9.59 Å². The van der Waals surface area contributed by atoms with Crippen LogP contribution in [0.5, 0.6) is 0 Å². The fourth-order valence-electron chi connectivity index (χ4n) is 1.27. The Morgan fingerprint density at radius 2 is 2.11 bits per heavy atom. The van der Waals surface area contributed by atoms with Gasteiger partial charge in [-0.3, -0.25) is 9.59 Å². The van der Waals surface area contributed by atoms with E-state index < -0.39 is 30.1 Å². The van der Waals surface area contributed by atoms with E-state index in [4.69, 9.17) is 21.1 Å². The summed E-state index contributed by atoms with van der Waals surface area (Å²) in [5, 5.41) is 28.1. The summed E-state index contributed by atoms with van der Waals surface area (Å²) in [6.45, 7) is 0.400. The van der Waals surface area contributed by atoms with Gasteiger partial charge >= 0.3 is 11.9 Å². The minimum Gasteiger partial charge on any atom is -0.480 e. The first-order valence-electron chi connectivity index (χ1n) is 5.50. The van der Waals surface area contributed by atoms with Gasteiger partial charge < -0.3 is 26.4 Å². The molecular weight excluding hydrogens is 260 g/mol. The van der Waals surface area contributed by atoms with E-state index in [-0.39, 0.29) is 0 Å². The number of hydrogen-bond acceptors (Lipinski definition) is 6. The Kier molecular flexibility index (Phi) is 8.73. The van der Waals surface area contributed by atoms with Crippen LogP contribution in [0.1, 0.15) is 12.8 Å². The number of carbonyl (C=O) groups is 2. The van der Waals surface area contributed by atoms with Gasteiger partial charge in [0, 0.05) is 13.0 Å². The van der Waals surface area contributed by atoms with Gasteiger partial charge in [0.05, 0.1) is 6.10 Å². The van der Waals surface area contributed by atoms with Crippen molar-refractivity contribution >= 4 is 23.7 Å². The zero-order valence-electron chi connectivity index (χ0n) is 10.2. The molecule has 0 amide bonds. The van der Waals surface area contributed by atoms with Crippen LogP contribution < -0.4 is 11.1 Å². The Bertz CT molecular complexity index is 277. The van der Waals surface area contributed by atoms with Gasteiger partial charge in [0.2, 0.25) is 0 Å². The van der Waals surface area contributed by atoms with Crippen molar-refractivity contribution in [2.24, 2.45) is 5.73 Å². The second-order valence-electron chi connectivity index (χ2n) is 3.91. The lowest BCUT2D eigenvalue weighted by Gasteiger charge is -2.02. The Labute approximate surface area is 110 Å². The van der Waals surface area contributed by atoms with Gasteiger partial charge in [-0.1, -0.05) is 0 Å². The van der Waals surface area contributed by atoms with E-state index in [1.807, 2.05) is 6.26 Å². The summed E-state index contributed by atoms with van der Waals surface area (Å²) in [6, 6.07) is -1.22. The SMILES string of the molecule is CSCC[C@H](N)C(=O)O.O=C(O)[C@@H]1C[C@@H](O)CN1. The smallest absolute Gasteiger partial charge is 0.320 e. The van der Waals surface area contributed by atoms with Crippen LogP contribution in [-0.2, 0) is 9.59 Å². The summed E-state index contributed by atoms with van der Waals surface area (Å²) in [5.74, 6) is -0.983. The largest absolute Gasteiger partial charge is 0.480 e. The van der Waals surface area contributed by atoms with Crippen LogP contribution in [0.4, 0.5) is 0 Å². The first kappa shape index (κ1) is 17.2. The predicted molar refractivity (Wildman–Crippen MR) is 68.7 cm³/mol. The molecule has 1 fully saturated rings. The monoisotopic (exact) mass is 280 g/mol. The zero-order chi connectivity index (χ0) is 14.1. The molecule has 0 aliphatic carbocycles. The third-order valence-corrected chi connectivity index (χ3v) is 3.00. The lowest BCUT2D eigenvalue weighted by Crippen LogP contribution is -2.30. The highest BCUT2D eigenvalue weighted by Crippen LogP contribution is 2.05. The molecule has 1 heterocycles. The van der Waals surface area contributed by atoms with Crippen LogP contribution in [0.2, 0.25) is 0 Å². The van der Waals surface area contributed by atoms with E-state index in [1.165, 1.54) is 0 Å². The predicted octanol–water partition coefficient (Wildman–Crippen LogP) is -1.05. The molecule has 0 saturated carbocycles. The molecule has 18 heavy (non-hydrogen) atoms. The maximum Gasteiger partial charge on any atom is 0.320 e. The normalized spacial score (nSPS) is 23.9. The van der Waals surface area contributed by atoms with Crippen molar-refractivity contribution in [3.8, 4) is 0 Å². The number of carboxylic acid groups (broad SMARTS) is 2. The lowest BCUT2D eigenvalue weighted by molar-refractivity contribution is -0.139. The number of nitrogens with two attached hydrogens (primary N) is 1. The third-order valence-electron chi connectivity index (χ3n) is 2.36. The number of hydrogen-bond donors (Lipinski definition) is 5. The lowest BCUT2D eigenvalue weighted by atomic mass is 10.2. The molecule has 1 aliphatic rings. The fraction of sp³-hybridized carbons (Fsp3) is 0.800. The number of aliphatic hydroxyl groups excluding tert-OH is 1. The van der Waals surface area contributed by atoms with E-state index >= 15 is 0 Å². The van der Waals surface area contributed by atoms with Crippen molar-refractivity contribution in [3.05, 3.63) is 0 Å². The van der Waals surface area contributed by atoms with Crippen LogP contribution in [0.15, 0.2) is 0 Å². The molecule has 3 atom stereocenters. The number of nitrogens with one attached hydrogen (secondary N) is 1. The van der Waals surface area contributed by atoms with E-state index in [1.54, 1.807) is 11.8 Å². The Morgan fingerprint density at radius 3 is 2.39 bits per heavy atom. The van der Waals surface area contributed by atoms with Crippen molar-refractivity contribution in [1.82, 2.24) is 5.32 Å². The summed E-state index contributed by atoms with van der Waals surface area (Å²) < 4.78 is 0. The molecule has 1 aliphatic heterocycles. The van der Waals surface area contributed by atoms with Gasteiger partial charge in [-0.05, 0) is 18.4 Å². The van der Waals surface area contributed by atoms with Gasteiger partial charge in [0.25, 0.3) is 0 Å². The van der Waals surface area contributed by atoms with Crippen molar-refractivity contribution in [2.45, 2.75) is 31.0 Å². The topological polar surface area (TPSA) is 133 Å². The van der Waals surface area contributed by atoms with Crippen LogP contribution in [0.3, 0.4) is 0 Å². The fourth-order valence-corrected chi connectivity index (χ4v) is 1.76. The van der Waals surface area contributed by atoms with Gasteiger partial charge in [-0.15, -0.1) is 0 Å². The molecule has 6 N–H and O–H groups in total. The van der Waals surface area contributed by atoms with Crippen LogP contribution in [0, 0.1) is 0 Å². The number of thioether (sulfide) groups is 1. The minimum atomic E-state index is -0.913.